The average Bonchev–Trinajstić information content (AvgIpc) is 2.58. The third-order valence-electron chi connectivity index (χ3n) is 4.14. The van der Waals surface area contributed by atoms with Crippen LogP contribution in [0.15, 0.2) is 30.5 Å². The monoisotopic (exact) mass is 417 g/mol. The van der Waals surface area contributed by atoms with Crippen LogP contribution in [0.3, 0.4) is 0 Å². The number of benzene rings is 1. The number of nitrogens with one attached hydrogen (secondary N) is 1. The van der Waals surface area contributed by atoms with Crippen molar-refractivity contribution in [1.82, 2.24) is 9.88 Å². The lowest BCUT2D eigenvalue weighted by Crippen LogP contribution is -2.25. The summed E-state index contributed by atoms with van der Waals surface area (Å²) in [6, 6.07) is 8.32. The van der Waals surface area contributed by atoms with E-state index in [0.29, 0.717) is 6.04 Å². The Hall–Kier alpha value is -1.21. The third kappa shape index (κ3) is 9.51. The van der Waals surface area contributed by atoms with Gasteiger partial charge >= 0.3 is 7.82 Å². The van der Waals surface area contributed by atoms with Gasteiger partial charge in [-0.05, 0) is 51.5 Å². The summed E-state index contributed by atoms with van der Waals surface area (Å²) < 4.78 is 8.88. The molecule has 1 aromatic carbocycles. The van der Waals surface area contributed by atoms with Gasteiger partial charge in [0.05, 0.1) is 0 Å². The van der Waals surface area contributed by atoms with Gasteiger partial charge in [0.1, 0.15) is 5.82 Å². The lowest BCUT2D eigenvalue weighted by Gasteiger charge is -2.20. The van der Waals surface area contributed by atoms with E-state index in [1.54, 1.807) is 0 Å². The Morgan fingerprint density at radius 3 is 2.41 bits per heavy atom. The highest BCUT2D eigenvalue weighted by atomic mass is 35.5. The normalized spacial score (nSPS) is 12.6. The lowest BCUT2D eigenvalue weighted by atomic mass is 10.1. The van der Waals surface area contributed by atoms with Crippen molar-refractivity contribution in [3.8, 4) is 0 Å². The molecule has 0 bridgehead atoms. The molecule has 4 N–H and O–H groups in total. The first-order valence-corrected chi connectivity index (χ1v) is 10.9. The second kappa shape index (κ2) is 11.6. The molecule has 0 saturated heterocycles. The van der Waals surface area contributed by atoms with Crippen LogP contribution in [-0.4, -0.2) is 50.2 Å². The molecule has 0 saturated carbocycles. The molecule has 1 atom stereocenters. The number of nitrogens with zero attached hydrogens (tertiary/aromatic N) is 2. The molecule has 9 heteroatoms. The molecule has 1 unspecified atom stereocenters. The second-order valence-electron chi connectivity index (χ2n) is 6.22. The first kappa shape index (κ1) is 23.8. The first-order chi connectivity index (χ1) is 12.7. The number of hydrogen-bond acceptors (Lipinski definition) is 4. The molecule has 0 spiro atoms. The van der Waals surface area contributed by atoms with Crippen LogP contribution >= 0.6 is 19.4 Å². The predicted octanol–water partition coefficient (Wildman–Crippen LogP) is 3.88. The fraction of sp³-hybridized carbons (Fsp3) is 0.500. The summed E-state index contributed by atoms with van der Waals surface area (Å²) >= 11 is 6.25. The largest absolute Gasteiger partial charge is 0.466 e. The molecule has 0 aliphatic carbocycles. The van der Waals surface area contributed by atoms with Gasteiger partial charge < -0.3 is 24.9 Å². The molecule has 0 radical (unpaired) electrons. The molecule has 0 fully saturated rings. The summed E-state index contributed by atoms with van der Waals surface area (Å²) in [5, 5.41) is 6.45. The molecule has 2 rings (SSSR count). The number of halogens is 1. The molecule has 1 heterocycles. The zero-order chi connectivity index (χ0) is 20.4. The van der Waals surface area contributed by atoms with Gasteiger partial charge in [-0.3, -0.25) is 0 Å². The Balaban J connectivity index is 0.000000646. The Morgan fingerprint density at radius 1 is 1.19 bits per heavy atom. The molecule has 27 heavy (non-hydrogen) atoms. The van der Waals surface area contributed by atoms with E-state index in [0.717, 1.165) is 47.7 Å². The molecular weight excluding hydrogens is 389 g/mol. The third-order valence-corrected chi connectivity index (χ3v) is 4.47. The Morgan fingerprint density at radius 2 is 1.81 bits per heavy atom. The molecule has 0 amide bonds. The smallest absolute Gasteiger partial charge is 0.367 e. The fourth-order valence-corrected chi connectivity index (χ4v) is 2.99. The topological polar surface area (TPSA) is 106 Å². The van der Waals surface area contributed by atoms with Crippen LogP contribution in [0.1, 0.15) is 33.6 Å². The predicted molar refractivity (Wildman–Crippen MR) is 111 cm³/mol. The van der Waals surface area contributed by atoms with E-state index >= 15 is 0 Å². The minimum Gasteiger partial charge on any atom is -0.367 e. The van der Waals surface area contributed by atoms with Crippen molar-refractivity contribution >= 4 is 36.0 Å². The van der Waals surface area contributed by atoms with Crippen molar-refractivity contribution in [1.29, 1.82) is 0 Å². The highest BCUT2D eigenvalue weighted by Crippen LogP contribution is 2.28. The zero-order valence-electron chi connectivity index (χ0n) is 16.0. The van der Waals surface area contributed by atoms with Gasteiger partial charge in [-0.2, -0.15) is 0 Å². The number of phosphoric acid groups is 1. The van der Waals surface area contributed by atoms with E-state index in [-0.39, 0.29) is 0 Å². The number of anilines is 1. The number of rotatable bonds is 8. The average molecular weight is 418 g/mol. The van der Waals surface area contributed by atoms with Crippen LogP contribution in [0.5, 0.6) is 0 Å². The summed E-state index contributed by atoms with van der Waals surface area (Å²) in [4.78, 5) is 28.5. The standard InChI is InChI=1S/C18H26ClN3.H3O4P/c1-4-22(5-2)13-7-8-14(3)21-18-16-9-6-10-17(19)15(16)11-12-20-18;1-5(2,3)4/h6,9-12,14H,4-5,7-8,13H2,1-3H3,(H,20,21);(H3,1,2,3,4). The van der Waals surface area contributed by atoms with Crippen molar-refractivity contribution in [2.24, 2.45) is 0 Å². The zero-order valence-corrected chi connectivity index (χ0v) is 17.6. The van der Waals surface area contributed by atoms with E-state index in [9.17, 15) is 0 Å². The van der Waals surface area contributed by atoms with Crippen LogP contribution in [-0.2, 0) is 4.57 Å². The minimum absolute atomic E-state index is 0.396. The maximum atomic E-state index is 8.88. The summed E-state index contributed by atoms with van der Waals surface area (Å²) in [5.74, 6) is 0.926. The fourth-order valence-electron chi connectivity index (χ4n) is 2.75. The van der Waals surface area contributed by atoms with Crippen LogP contribution in [0.4, 0.5) is 5.82 Å². The van der Waals surface area contributed by atoms with E-state index in [1.807, 2.05) is 24.4 Å². The number of aromatic nitrogens is 1. The van der Waals surface area contributed by atoms with E-state index in [4.69, 9.17) is 30.8 Å². The van der Waals surface area contributed by atoms with Crippen molar-refractivity contribution in [3.63, 3.8) is 0 Å². The van der Waals surface area contributed by atoms with Gasteiger partial charge in [0.2, 0.25) is 0 Å². The van der Waals surface area contributed by atoms with Gasteiger partial charge in [-0.25, -0.2) is 9.55 Å². The van der Waals surface area contributed by atoms with Crippen molar-refractivity contribution < 1.29 is 19.2 Å². The van der Waals surface area contributed by atoms with Crippen LogP contribution in [0.2, 0.25) is 5.02 Å². The SMILES string of the molecule is CCN(CC)CCCC(C)Nc1nccc2c(Cl)cccc12.O=P(O)(O)O. The van der Waals surface area contributed by atoms with E-state index < -0.39 is 7.82 Å². The van der Waals surface area contributed by atoms with E-state index in [2.05, 4.69) is 42.0 Å². The maximum Gasteiger partial charge on any atom is 0.466 e. The molecule has 0 aliphatic heterocycles. The molecule has 152 valence electrons. The van der Waals surface area contributed by atoms with Crippen LogP contribution in [0.25, 0.3) is 10.8 Å². The van der Waals surface area contributed by atoms with Gasteiger partial charge in [0, 0.05) is 28.0 Å². The maximum absolute atomic E-state index is 8.88. The second-order valence-corrected chi connectivity index (χ2v) is 7.66. The van der Waals surface area contributed by atoms with Gasteiger partial charge in [0.25, 0.3) is 0 Å². The van der Waals surface area contributed by atoms with Crippen molar-refractivity contribution in [2.75, 3.05) is 25.0 Å². The summed E-state index contributed by atoms with van der Waals surface area (Å²) in [6.07, 6.45) is 4.15. The summed E-state index contributed by atoms with van der Waals surface area (Å²) in [6.45, 7) is 10.1. The highest BCUT2D eigenvalue weighted by molar-refractivity contribution is 7.45. The number of hydrogen-bond donors (Lipinski definition) is 4. The van der Waals surface area contributed by atoms with Gasteiger partial charge in [0.15, 0.2) is 0 Å². The van der Waals surface area contributed by atoms with Gasteiger partial charge in [-0.1, -0.05) is 37.6 Å². The van der Waals surface area contributed by atoms with Gasteiger partial charge in [-0.15, -0.1) is 0 Å². The Bertz CT molecular complexity index is 744. The van der Waals surface area contributed by atoms with Crippen molar-refractivity contribution in [2.45, 2.75) is 39.7 Å². The molecule has 2 aromatic rings. The molecule has 0 aliphatic rings. The van der Waals surface area contributed by atoms with Crippen LogP contribution < -0.4 is 5.32 Å². The quantitative estimate of drug-likeness (QED) is 0.483. The highest BCUT2D eigenvalue weighted by Gasteiger charge is 2.09. The molecule has 7 nitrogen and oxygen atoms in total. The number of pyridine rings is 1. The molecular formula is C18H29ClN3O4P. The minimum atomic E-state index is -4.64. The van der Waals surface area contributed by atoms with E-state index in [1.165, 1.54) is 6.42 Å². The van der Waals surface area contributed by atoms with Crippen LogP contribution in [0, 0.1) is 0 Å². The summed E-state index contributed by atoms with van der Waals surface area (Å²) in [7, 11) is -4.64. The Labute approximate surface area is 165 Å². The summed E-state index contributed by atoms with van der Waals surface area (Å²) in [5.41, 5.74) is 0. The Kier molecular flexibility index (Phi) is 10.2. The molecule has 1 aromatic heterocycles. The number of fused-ring (bicyclic) bond motifs is 1. The van der Waals surface area contributed by atoms with Crippen molar-refractivity contribution in [3.05, 3.63) is 35.5 Å². The lowest BCUT2D eigenvalue weighted by molar-refractivity contribution is 0.275. The first-order valence-electron chi connectivity index (χ1n) is 8.96.